The van der Waals surface area contributed by atoms with Gasteiger partial charge in [0.15, 0.2) is 5.22 Å². The van der Waals surface area contributed by atoms with Gasteiger partial charge in [-0.25, -0.2) is 4.39 Å². The molecule has 16 heavy (non-hydrogen) atoms. The van der Waals surface area contributed by atoms with Crippen molar-refractivity contribution in [3.05, 3.63) is 58.8 Å². The SMILES string of the molecule is OC(Cc1cccc(F)c1)c1ccc(Cl)o1. The second-order valence-corrected chi connectivity index (χ2v) is 3.86. The van der Waals surface area contributed by atoms with Gasteiger partial charge in [0.2, 0.25) is 0 Å². The molecular formula is C12H10ClFO2. The first-order valence-electron chi connectivity index (χ1n) is 4.83. The van der Waals surface area contributed by atoms with Crippen LogP contribution >= 0.6 is 11.6 Å². The number of furan rings is 1. The molecule has 0 saturated carbocycles. The van der Waals surface area contributed by atoms with Crippen LogP contribution in [0.1, 0.15) is 17.4 Å². The summed E-state index contributed by atoms with van der Waals surface area (Å²) in [7, 11) is 0. The van der Waals surface area contributed by atoms with Crippen molar-refractivity contribution < 1.29 is 13.9 Å². The van der Waals surface area contributed by atoms with Crippen LogP contribution in [0.15, 0.2) is 40.8 Å². The Morgan fingerprint density at radius 2 is 2.12 bits per heavy atom. The lowest BCUT2D eigenvalue weighted by atomic mass is 10.1. The third-order valence-electron chi connectivity index (χ3n) is 2.24. The molecule has 1 N–H and O–H groups in total. The highest BCUT2D eigenvalue weighted by Gasteiger charge is 2.12. The molecule has 1 heterocycles. The molecule has 0 aliphatic carbocycles. The molecular weight excluding hydrogens is 231 g/mol. The van der Waals surface area contributed by atoms with Crippen LogP contribution in [0.5, 0.6) is 0 Å². The summed E-state index contributed by atoms with van der Waals surface area (Å²) >= 11 is 5.59. The van der Waals surface area contributed by atoms with Crippen molar-refractivity contribution in [2.24, 2.45) is 0 Å². The minimum atomic E-state index is -0.811. The molecule has 84 valence electrons. The Morgan fingerprint density at radius 1 is 1.31 bits per heavy atom. The Morgan fingerprint density at radius 3 is 2.75 bits per heavy atom. The average molecular weight is 241 g/mol. The number of rotatable bonds is 3. The van der Waals surface area contributed by atoms with Gasteiger partial charge in [0.25, 0.3) is 0 Å². The Balaban J connectivity index is 2.10. The second kappa shape index (κ2) is 4.68. The van der Waals surface area contributed by atoms with Crippen LogP contribution in [0.2, 0.25) is 5.22 Å². The van der Waals surface area contributed by atoms with E-state index in [0.717, 1.165) is 0 Å². The second-order valence-electron chi connectivity index (χ2n) is 3.49. The first-order valence-corrected chi connectivity index (χ1v) is 5.20. The quantitative estimate of drug-likeness (QED) is 0.893. The molecule has 0 bridgehead atoms. The summed E-state index contributed by atoms with van der Waals surface area (Å²) in [4.78, 5) is 0. The Bertz CT molecular complexity index is 481. The molecule has 2 nitrogen and oxygen atoms in total. The number of hydrogen-bond acceptors (Lipinski definition) is 2. The summed E-state index contributed by atoms with van der Waals surface area (Å²) in [6.07, 6.45) is -0.518. The van der Waals surface area contributed by atoms with Gasteiger partial charge >= 0.3 is 0 Å². The number of benzene rings is 1. The van der Waals surface area contributed by atoms with Crippen molar-refractivity contribution in [3.63, 3.8) is 0 Å². The summed E-state index contributed by atoms with van der Waals surface area (Å²) in [5.74, 6) is 0.0661. The molecule has 0 spiro atoms. The number of aliphatic hydroxyl groups is 1. The lowest BCUT2D eigenvalue weighted by molar-refractivity contribution is 0.150. The fourth-order valence-electron chi connectivity index (χ4n) is 1.50. The molecule has 1 atom stereocenters. The van der Waals surface area contributed by atoms with Gasteiger partial charge in [0.05, 0.1) is 0 Å². The van der Waals surface area contributed by atoms with Crippen LogP contribution in [-0.2, 0) is 6.42 Å². The van der Waals surface area contributed by atoms with Crippen LogP contribution < -0.4 is 0 Å². The lowest BCUT2D eigenvalue weighted by Crippen LogP contribution is -2.00. The van der Waals surface area contributed by atoms with Gasteiger partial charge in [-0.2, -0.15) is 0 Å². The third-order valence-corrected chi connectivity index (χ3v) is 2.44. The average Bonchev–Trinajstić information content (AvgIpc) is 2.65. The third kappa shape index (κ3) is 2.62. The molecule has 1 aromatic carbocycles. The van der Waals surface area contributed by atoms with Crippen molar-refractivity contribution in [3.8, 4) is 0 Å². The normalized spacial score (nSPS) is 12.7. The minimum Gasteiger partial charge on any atom is -0.447 e. The van der Waals surface area contributed by atoms with E-state index in [1.807, 2.05) is 0 Å². The largest absolute Gasteiger partial charge is 0.447 e. The smallest absolute Gasteiger partial charge is 0.193 e. The van der Waals surface area contributed by atoms with E-state index in [0.29, 0.717) is 17.7 Å². The monoisotopic (exact) mass is 240 g/mol. The van der Waals surface area contributed by atoms with Crippen LogP contribution in [0.25, 0.3) is 0 Å². The number of aliphatic hydroxyl groups excluding tert-OH is 1. The first kappa shape index (κ1) is 11.2. The molecule has 0 aliphatic heterocycles. The predicted molar refractivity (Wildman–Crippen MR) is 58.8 cm³/mol. The Labute approximate surface area is 97.3 Å². The molecule has 0 fully saturated rings. The summed E-state index contributed by atoms with van der Waals surface area (Å²) in [5, 5.41) is 10.0. The first-order chi connectivity index (χ1) is 7.65. The predicted octanol–water partition coefficient (Wildman–Crippen LogP) is 3.35. The van der Waals surface area contributed by atoms with Crippen LogP contribution in [-0.4, -0.2) is 5.11 Å². The number of hydrogen-bond donors (Lipinski definition) is 1. The molecule has 0 aliphatic rings. The van der Waals surface area contributed by atoms with Crippen molar-refractivity contribution in [2.45, 2.75) is 12.5 Å². The highest BCUT2D eigenvalue weighted by molar-refractivity contribution is 6.28. The van der Waals surface area contributed by atoms with Gasteiger partial charge in [-0.1, -0.05) is 12.1 Å². The van der Waals surface area contributed by atoms with Crippen molar-refractivity contribution in [2.75, 3.05) is 0 Å². The zero-order valence-electron chi connectivity index (χ0n) is 8.36. The van der Waals surface area contributed by atoms with E-state index in [-0.39, 0.29) is 11.0 Å². The molecule has 0 amide bonds. The molecule has 1 unspecified atom stereocenters. The molecule has 4 heteroatoms. The van der Waals surface area contributed by atoms with Crippen molar-refractivity contribution in [1.29, 1.82) is 0 Å². The highest BCUT2D eigenvalue weighted by atomic mass is 35.5. The number of halogens is 2. The maximum atomic E-state index is 12.9. The molecule has 0 saturated heterocycles. The fourth-order valence-corrected chi connectivity index (χ4v) is 1.65. The zero-order valence-corrected chi connectivity index (χ0v) is 9.12. The summed E-state index contributed by atoms with van der Waals surface area (Å²) in [6.45, 7) is 0. The van der Waals surface area contributed by atoms with E-state index >= 15 is 0 Å². The van der Waals surface area contributed by atoms with Crippen LogP contribution in [0, 0.1) is 5.82 Å². The Hall–Kier alpha value is -1.32. The van der Waals surface area contributed by atoms with E-state index in [4.69, 9.17) is 16.0 Å². The van der Waals surface area contributed by atoms with Crippen LogP contribution in [0.3, 0.4) is 0 Å². The van der Waals surface area contributed by atoms with Gasteiger partial charge in [0.1, 0.15) is 17.7 Å². The molecule has 2 rings (SSSR count). The van der Waals surface area contributed by atoms with E-state index in [9.17, 15) is 9.50 Å². The van der Waals surface area contributed by atoms with Crippen molar-refractivity contribution >= 4 is 11.6 Å². The fraction of sp³-hybridized carbons (Fsp3) is 0.167. The van der Waals surface area contributed by atoms with E-state index in [1.165, 1.54) is 12.1 Å². The van der Waals surface area contributed by atoms with Gasteiger partial charge < -0.3 is 9.52 Å². The Kier molecular flexibility index (Phi) is 3.27. The summed E-state index contributed by atoms with van der Waals surface area (Å²) in [5.41, 5.74) is 0.708. The molecule has 2 aromatic rings. The van der Waals surface area contributed by atoms with Gasteiger partial charge in [-0.3, -0.25) is 0 Å². The molecule has 1 aromatic heterocycles. The van der Waals surface area contributed by atoms with Crippen molar-refractivity contribution in [1.82, 2.24) is 0 Å². The van der Waals surface area contributed by atoms with Gasteiger partial charge in [0, 0.05) is 6.42 Å². The van der Waals surface area contributed by atoms with Crippen LogP contribution in [0.4, 0.5) is 4.39 Å². The lowest BCUT2D eigenvalue weighted by Gasteiger charge is -2.07. The summed E-state index contributed by atoms with van der Waals surface area (Å²) in [6, 6.07) is 9.26. The standard InChI is InChI=1S/C12H10ClFO2/c13-12-5-4-11(16-12)10(15)7-8-2-1-3-9(14)6-8/h1-6,10,15H,7H2. The maximum absolute atomic E-state index is 12.9. The zero-order chi connectivity index (χ0) is 11.5. The van der Waals surface area contributed by atoms with Gasteiger partial charge in [-0.05, 0) is 41.4 Å². The summed E-state index contributed by atoms with van der Waals surface area (Å²) < 4.78 is 18.0. The van der Waals surface area contributed by atoms with Gasteiger partial charge in [-0.15, -0.1) is 0 Å². The highest BCUT2D eigenvalue weighted by Crippen LogP contribution is 2.23. The minimum absolute atomic E-state index is 0.230. The van der Waals surface area contributed by atoms with E-state index in [1.54, 1.807) is 24.3 Å². The van der Waals surface area contributed by atoms with E-state index in [2.05, 4.69) is 0 Å². The maximum Gasteiger partial charge on any atom is 0.193 e. The van der Waals surface area contributed by atoms with E-state index < -0.39 is 6.10 Å². The topological polar surface area (TPSA) is 33.4 Å². The molecule has 0 radical (unpaired) electrons.